The molecular formula is C30H25O4P. The van der Waals surface area contributed by atoms with Crippen LogP contribution in [0.4, 0.5) is 0 Å². The highest BCUT2D eigenvalue weighted by Gasteiger charge is 2.41. The second kappa shape index (κ2) is 7.90. The summed E-state index contributed by atoms with van der Waals surface area (Å²) >= 11 is 0. The molecule has 5 heteroatoms. The van der Waals surface area contributed by atoms with Crippen LogP contribution in [0.1, 0.15) is 11.1 Å². The number of hydrogen-bond donors (Lipinski definition) is 0. The minimum Gasteiger partial charge on any atom is -0.496 e. The molecule has 5 aromatic carbocycles. The van der Waals surface area contributed by atoms with E-state index in [4.69, 9.17) is 14.0 Å². The van der Waals surface area contributed by atoms with Gasteiger partial charge in [-0.1, -0.05) is 48.5 Å². The third-order valence-electron chi connectivity index (χ3n) is 6.97. The fourth-order valence-corrected chi connectivity index (χ4v) is 7.63. The van der Waals surface area contributed by atoms with E-state index in [9.17, 15) is 4.57 Å². The van der Waals surface area contributed by atoms with Crippen molar-refractivity contribution in [3.63, 3.8) is 0 Å². The standard InChI is InChI=1S/C30H25O4P/c1-18-13-14-19(2)23-16-25-24(15-22(18)23)27(32-3)17-29(30(25)33-4)35(31)28-12-8-6-10-21(28)20-9-5-7-11-26(20)34-35/h5-17H,1-4H3. The van der Waals surface area contributed by atoms with Crippen LogP contribution in [0.2, 0.25) is 0 Å². The minimum absolute atomic E-state index is 0.496. The summed E-state index contributed by atoms with van der Waals surface area (Å²) in [6.07, 6.45) is 0. The van der Waals surface area contributed by atoms with Gasteiger partial charge in [-0.05, 0) is 71.6 Å². The van der Waals surface area contributed by atoms with Gasteiger partial charge in [0, 0.05) is 16.3 Å². The van der Waals surface area contributed by atoms with Crippen molar-refractivity contribution in [1.82, 2.24) is 0 Å². The lowest BCUT2D eigenvalue weighted by atomic mass is 9.96. The van der Waals surface area contributed by atoms with Gasteiger partial charge >= 0.3 is 7.37 Å². The van der Waals surface area contributed by atoms with Crippen LogP contribution in [0.25, 0.3) is 32.7 Å². The van der Waals surface area contributed by atoms with Crippen molar-refractivity contribution < 1.29 is 18.6 Å². The predicted octanol–water partition coefficient (Wildman–Crippen LogP) is 6.92. The molecule has 4 nitrogen and oxygen atoms in total. The van der Waals surface area contributed by atoms with Gasteiger partial charge in [0.1, 0.15) is 17.2 Å². The molecule has 0 N–H and O–H groups in total. The number of benzene rings is 5. The summed E-state index contributed by atoms with van der Waals surface area (Å²) in [6, 6.07) is 25.8. The molecule has 1 aliphatic heterocycles. The fourth-order valence-electron chi connectivity index (χ4n) is 5.17. The van der Waals surface area contributed by atoms with E-state index >= 15 is 0 Å². The van der Waals surface area contributed by atoms with Crippen LogP contribution in [0.3, 0.4) is 0 Å². The smallest absolute Gasteiger partial charge is 0.311 e. The molecule has 1 atom stereocenters. The summed E-state index contributed by atoms with van der Waals surface area (Å²) in [5.74, 6) is 1.77. The average molecular weight is 481 g/mol. The Morgan fingerprint density at radius 1 is 0.657 bits per heavy atom. The lowest BCUT2D eigenvalue weighted by molar-refractivity contribution is 0.412. The van der Waals surface area contributed by atoms with Crippen molar-refractivity contribution in [2.24, 2.45) is 0 Å². The molecule has 0 saturated heterocycles. The Morgan fingerprint density at radius 3 is 1.97 bits per heavy atom. The second-order valence-electron chi connectivity index (χ2n) is 8.93. The number of fused-ring (bicyclic) bond motifs is 5. The highest BCUT2D eigenvalue weighted by atomic mass is 31.2. The molecule has 0 spiro atoms. The molecule has 0 radical (unpaired) electrons. The number of hydrogen-bond acceptors (Lipinski definition) is 4. The number of ether oxygens (including phenoxy) is 2. The summed E-state index contributed by atoms with van der Waals surface area (Å²) in [5, 5.41) is 5.20. The van der Waals surface area contributed by atoms with E-state index in [1.54, 1.807) is 14.2 Å². The van der Waals surface area contributed by atoms with Crippen molar-refractivity contribution in [3.8, 4) is 28.4 Å². The van der Waals surface area contributed by atoms with Gasteiger partial charge in [-0.25, -0.2) is 0 Å². The summed E-state index contributed by atoms with van der Waals surface area (Å²) in [6.45, 7) is 4.20. The van der Waals surface area contributed by atoms with Gasteiger partial charge in [0.15, 0.2) is 0 Å². The maximum Gasteiger partial charge on any atom is 0.311 e. The van der Waals surface area contributed by atoms with E-state index in [0.29, 0.717) is 27.9 Å². The van der Waals surface area contributed by atoms with Gasteiger partial charge in [0.2, 0.25) is 0 Å². The van der Waals surface area contributed by atoms with Crippen LogP contribution in [0.15, 0.2) is 78.9 Å². The van der Waals surface area contributed by atoms with Gasteiger partial charge in [-0.2, -0.15) is 0 Å². The highest BCUT2D eigenvalue weighted by molar-refractivity contribution is 7.75. The molecule has 0 aliphatic carbocycles. The molecule has 0 amide bonds. The topological polar surface area (TPSA) is 44.8 Å². The second-order valence-corrected chi connectivity index (χ2v) is 11.2. The first kappa shape index (κ1) is 21.8. The molecule has 6 rings (SSSR count). The molecule has 1 aliphatic rings. The number of aryl methyl sites for hydroxylation is 2. The third-order valence-corrected chi connectivity index (χ3v) is 9.41. The summed E-state index contributed by atoms with van der Waals surface area (Å²) < 4.78 is 33.2. The van der Waals surface area contributed by atoms with E-state index in [0.717, 1.165) is 32.7 Å². The number of para-hydroxylation sites is 1. The summed E-state index contributed by atoms with van der Waals surface area (Å²) in [4.78, 5) is 0. The first-order valence-corrected chi connectivity index (χ1v) is 13.2. The Bertz CT molecular complexity index is 1700. The molecule has 35 heavy (non-hydrogen) atoms. The van der Waals surface area contributed by atoms with Crippen molar-refractivity contribution in [2.75, 3.05) is 14.2 Å². The SMILES string of the molecule is COc1cc(P2(=O)Oc3ccccc3-c3ccccc32)c(OC)c2cc3c(C)ccc(C)c3cc12. The Hall–Kier alpha value is -3.75. The number of rotatable bonds is 3. The Morgan fingerprint density at radius 2 is 1.29 bits per heavy atom. The highest BCUT2D eigenvalue weighted by Crippen LogP contribution is 2.56. The first-order valence-electron chi connectivity index (χ1n) is 11.5. The molecule has 0 bridgehead atoms. The van der Waals surface area contributed by atoms with Crippen molar-refractivity contribution in [2.45, 2.75) is 13.8 Å². The molecule has 1 heterocycles. The normalized spacial score (nSPS) is 16.5. The zero-order valence-electron chi connectivity index (χ0n) is 20.1. The lowest BCUT2D eigenvalue weighted by Gasteiger charge is -2.30. The predicted molar refractivity (Wildman–Crippen MR) is 143 cm³/mol. The Kier molecular flexibility index (Phi) is 4.91. The lowest BCUT2D eigenvalue weighted by Crippen LogP contribution is -2.26. The van der Waals surface area contributed by atoms with E-state index in [2.05, 4.69) is 38.1 Å². The van der Waals surface area contributed by atoms with Crippen LogP contribution in [0, 0.1) is 13.8 Å². The van der Waals surface area contributed by atoms with Gasteiger partial charge in [0.25, 0.3) is 0 Å². The molecule has 174 valence electrons. The zero-order valence-corrected chi connectivity index (χ0v) is 21.0. The van der Waals surface area contributed by atoms with Crippen molar-refractivity contribution >= 4 is 39.5 Å². The Labute approximate surface area is 204 Å². The van der Waals surface area contributed by atoms with Crippen LogP contribution >= 0.6 is 7.37 Å². The monoisotopic (exact) mass is 480 g/mol. The van der Waals surface area contributed by atoms with Crippen LogP contribution in [0.5, 0.6) is 17.2 Å². The molecule has 1 unspecified atom stereocenters. The maximum absolute atomic E-state index is 14.9. The van der Waals surface area contributed by atoms with Crippen LogP contribution in [-0.2, 0) is 4.57 Å². The molecule has 0 fully saturated rings. The van der Waals surface area contributed by atoms with Gasteiger partial charge in [0.05, 0.1) is 24.8 Å². The molecule has 0 saturated carbocycles. The van der Waals surface area contributed by atoms with Gasteiger partial charge in [-0.15, -0.1) is 0 Å². The average Bonchev–Trinajstić information content (AvgIpc) is 2.89. The van der Waals surface area contributed by atoms with Crippen LogP contribution in [-0.4, -0.2) is 14.2 Å². The van der Waals surface area contributed by atoms with Crippen molar-refractivity contribution in [1.29, 1.82) is 0 Å². The number of methoxy groups -OCH3 is 2. The van der Waals surface area contributed by atoms with Gasteiger partial charge in [-0.3, -0.25) is 4.57 Å². The molecule has 5 aromatic rings. The van der Waals surface area contributed by atoms with E-state index < -0.39 is 7.37 Å². The zero-order chi connectivity index (χ0) is 24.3. The third kappa shape index (κ3) is 3.10. The minimum atomic E-state index is -3.57. The summed E-state index contributed by atoms with van der Waals surface area (Å²) in [5.41, 5.74) is 4.19. The van der Waals surface area contributed by atoms with Gasteiger partial charge < -0.3 is 14.0 Å². The van der Waals surface area contributed by atoms with Crippen molar-refractivity contribution in [3.05, 3.63) is 90.0 Å². The van der Waals surface area contributed by atoms with E-state index in [1.165, 1.54) is 11.1 Å². The fraction of sp³-hybridized carbons (Fsp3) is 0.133. The maximum atomic E-state index is 14.9. The van der Waals surface area contributed by atoms with E-state index in [-0.39, 0.29) is 0 Å². The van der Waals surface area contributed by atoms with E-state index in [1.807, 2.05) is 54.6 Å². The Balaban J connectivity index is 1.72. The first-order chi connectivity index (χ1) is 17.0. The molecular weight excluding hydrogens is 455 g/mol. The quantitative estimate of drug-likeness (QED) is 0.208. The molecule has 0 aromatic heterocycles. The van der Waals surface area contributed by atoms with Crippen LogP contribution < -0.4 is 24.6 Å². The summed E-state index contributed by atoms with van der Waals surface area (Å²) in [7, 11) is -0.316. The largest absolute Gasteiger partial charge is 0.496 e.